The average Bonchev–Trinajstić information content (AvgIpc) is 3.07. The molecule has 1 heterocycles. The number of fused-ring (bicyclic) bond motifs is 1. The Balaban J connectivity index is 1.71. The van der Waals surface area contributed by atoms with Gasteiger partial charge in [-0.2, -0.15) is 5.01 Å². The van der Waals surface area contributed by atoms with Crippen molar-refractivity contribution in [1.82, 2.24) is 10.0 Å². The third-order valence-corrected chi connectivity index (χ3v) is 6.25. The van der Waals surface area contributed by atoms with Crippen LogP contribution in [-0.4, -0.2) is 45.0 Å². The van der Waals surface area contributed by atoms with Crippen LogP contribution in [0.2, 0.25) is 0 Å². The van der Waals surface area contributed by atoms with Crippen LogP contribution in [0.25, 0.3) is 0 Å². The summed E-state index contributed by atoms with van der Waals surface area (Å²) in [5, 5.41) is 12.7. The molecular formula is C23H18BrN3O6. The fraction of sp³-hybridized carbons (Fsp3) is 0.217. The van der Waals surface area contributed by atoms with Crippen LogP contribution >= 0.6 is 15.9 Å². The molecule has 1 aliphatic heterocycles. The first-order chi connectivity index (χ1) is 15.8. The lowest BCUT2D eigenvalue weighted by atomic mass is 9.85. The van der Waals surface area contributed by atoms with Gasteiger partial charge in [0.15, 0.2) is 5.78 Å². The highest BCUT2D eigenvalue weighted by atomic mass is 79.9. The van der Waals surface area contributed by atoms with Crippen LogP contribution in [0.4, 0.5) is 5.69 Å². The number of hydrogen-bond acceptors (Lipinski definition) is 6. The molecule has 0 radical (unpaired) electrons. The third-order valence-electron chi connectivity index (χ3n) is 5.72. The summed E-state index contributed by atoms with van der Waals surface area (Å²) in [4.78, 5) is 63.1. The van der Waals surface area contributed by atoms with Crippen molar-refractivity contribution in [3.63, 3.8) is 0 Å². The molecule has 1 saturated heterocycles. The molecule has 3 amide bonds. The quantitative estimate of drug-likeness (QED) is 0.192. The highest BCUT2D eigenvalue weighted by Gasteiger charge is 2.51. The number of nitro benzene ring substituents is 1. The van der Waals surface area contributed by atoms with Gasteiger partial charge in [0.05, 0.1) is 16.8 Å². The van der Waals surface area contributed by atoms with Crippen molar-refractivity contribution < 1.29 is 24.1 Å². The lowest BCUT2D eigenvalue weighted by Crippen LogP contribution is -2.52. The van der Waals surface area contributed by atoms with Crippen LogP contribution < -0.4 is 0 Å². The largest absolute Gasteiger partial charge is 0.292 e. The summed E-state index contributed by atoms with van der Waals surface area (Å²) in [7, 11) is 0. The highest BCUT2D eigenvalue weighted by Crippen LogP contribution is 2.36. The molecule has 0 unspecified atom stereocenters. The van der Waals surface area contributed by atoms with Gasteiger partial charge in [0.1, 0.15) is 6.54 Å². The van der Waals surface area contributed by atoms with Gasteiger partial charge in [-0.15, -0.1) is 0 Å². The molecule has 10 heteroatoms. The first-order valence-electron chi connectivity index (χ1n) is 10.2. The number of ketones is 1. The van der Waals surface area contributed by atoms with Crippen LogP contribution in [0, 0.1) is 22.0 Å². The maximum Gasteiger partial charge on any atom is 0.273 e. The number of carbonyl (C=O) groups is 4. The summed E-state index contributed by atoms with van der Waals surface area (Å²) < 4.78 is 0.755. The van der Waals surface area contributed by atoms with Crippen molar-refractivity contribution in [2.75, 3.05) is 6.54 Å². The summed E-state index contributed by atoms with van der Waals surface area (Å²) in [5.41, 5.74) is -0.147. The third kappa shape index (κ3) is 4.34. The van der Waals surface area contributed by atoms with Gasteiger partial charge < -0.3 is 0 Å². The number of hydrogen-bond donors (Lipinski definition) is 0. The Hall–Kier alpha value is -3.66. The molecular weight excluding hydrogens is 494 g/mol. The Morgan fingerprint density at radius 1 is 1.00 bits per heavy atom. The van der Waals surface area contributed by atoms with Crippen molar-refractivity contribution >= 4 is 45.1 Å². The topological polar surface area (TPSA) is 118 Å². The van der Waals surface area contributed by atoms with Gasteiger partial charge in [0.2, 0.25) is 0 Å². The van der Waals surface area contributed by atoms with Gasteiger partial charge in [0.25, 0.3) is 23.4 Å². The Labute approximate surface area is 196 Å². The second kappa shape index (κ2) is 9.07. The summed E-state index contributed by atoms with van der Waals surface area (Å²) in [6.45, 7) is -0.576. The molecule has 9 nitrogen and oxygen atoms in total. The maximum absolute atomic E-state index is 13.4. The fourth-order valence-corrected chi connectivity index (χ4v) is 4.28. The van der Waals surface area contributed by atoms with E-state index in [2.05, 4.69) is 15.9 Å². The maximum atomic E-state index is 13.4. The van der Waals surface area contributed by atoms with E-state index in [1.54, 1.807) is 24.3 Å². The predicted octanol–water partition coefficient (Wildman–Crippen LogP) is 3.55. The van der Waals surface area contributed by atoms with E-state index in [0.717, 1.165) is 20.6 Å². The Morgan fingerprint density at radius 3 is 2.18 bits per heavy atom. The summed E-state index contributed by atoms with van der Waals surface area (Å²) in [5.74, 6) is -3.67. The zero-order chi connectivity index (χ0) is 23.7. The zero-order valence-corrected chi connectivity index (χ0v) is 18.8. The average molecular weight is 512 g/mol. The number of nitro groups is 1. The molecule has 1 aliphatic carbocycles. The van der Waals surface area contributed by atoms with E-state index in [9.17, 15) is 29.3 Å². The van der Waals surface area contributed by atoms with Gasteiger partial charge in [0, 0.05) is 27.7 Å². The molecule has 0 saturated carbocycles. The summed E-state index contributed by atoms with van der Waals surface area (Å²) in [6.07, 6.45) is 4.36. The predicted molar refractivity (Wildman–Crippen MR) is 120 cm³/mol. The van der Waals surface area contributed by atoms with E-state index in [1.807, 2.05) is 12.2 Å². The van der Waals surface area contributed by atoms with E-state index in [0.29, 0.717) is 12.8 Å². The van der Waals surface area contributed by atoms with Crippen LogP contribution in [-0.2, 0) is 9.59 Å². The Bertz CT molecular complexity index is 1170. The number of rotatable bonds is 6. The monoisotopic (exact) mass is 511 g/mol. The zero-order valence-electron chi connectivity index (χ0n) is 17.2. The molecule has 4 rings (SSSR count). The minimum Gasteiger partial charge on any atom is -0.292 e. The number of non-ortho nitro benzene ring substituents is 1. The lowest BCUT2D eigenvalue weighted by molar-refractivity contribution is -0.384. The van der Waals surface area contributed by atoms with Crippen molar-refractivity contribution in [2.45, 2.75) is 12.8 Å². The number of hydrazine groups is 1. The second-order valence-corrected chi connectivity index (χ2v) is 8.66. The molecule has 0 bridgehead atoms. The summed E-state index contributed by atoms with van der Waals surface area (Å²) >= 11 is 3.29. The van der Waals surface area contributed by atoms with E-state index >= 15 is 0 Å². The number of carbonyl (C=O) groups excluding carboxylic acids is 4. The molecule has 0 aromatic heterocycles. The number of halogens is 1. The van der Waals surface area contributed by atoms with Crippen LogP contribution in [0.15, 0.2) is 65.2 Å². The minimum absolute atomic E-state index is 0.110. The van der Waals surface area contributed by atoms with Gasteiger partial charge >= 0.3 is 0 Å². The number of allylic oxidation sites excluding steroid dienone is 2. The number of benzene rings is 2. The van der Waals surface area contributed by atoms with E-state index in [-0.39, 0.29) is 16.8 Å². The molecule has 2 aromatic carbocycles. The minimum atomic E-state index is -0.850. The normalized spacial score (nSPS) is 19.4. The van der Waals surface area contributed by atoms with Crippen molar-refractivity contribution in [1.29, 1.82) is 0 Å². The second-order valence-electron chi connectivity index (χ2n) is 7.74. The number of Topliss-reactive ketones (excluding diaryl/α,β-unsaturated/α-hetero) is 1. The van der Waals surface area contributed by atoms with Gasteiger partial charge in [-0.3, -0.25) is 29.3 Å². The van der Waals surface area contributed by atoms with Gasteiger partial charge in [-0.25, -0.2) is 5.01 Å². The highest BCUT2D eigenvalue weighted by molar-refractivity contribution is 9.10. The Morgan fingerprint density at radius 2 is 1.61 bits per heavy atom. The molecule has 33 heavy (non-hydrogen) atoms. The van der Waals surface area contributed by atoms with Crippen LogP contribution in [0.1, 0.15) is 33.6 Å². The molecule has 168 valence electrons. The van der Waals surface area contributed by atoms with Crippen molar-refractivity contribution in [3.8, 4) is 0 Å². The molecule has 2 aromatic rings. The molecule has 0 spiro atoms. The van der Waals surface area contributed by atoms with Crippen molar-refractivity contribution in [2.24, 2.45) is 11.8 Å². The first-order valence-corrected chi connectivity index (χ1v) is 10.9. The first kappa shape index (κ1) is 22.5. The number of imide groups is 1. The van der Waals surface area contributed by atoms with Crippen LogP contribution in [0.5, 0.6) is 0 Å². The Kier molecular flexibility index (Phi) is 6.19. The summed E-state index contributed by atoms with van der Waals surface area (Å²) in [6, 6.07) is 11.4. The molecule has 2 atom stereocenters. The van der Waals surface area contributed by atoms with Gasteiger partial charge in [-0.1, -0.05) is 46.3 Å². The SMILES string of the molecule is O=C(CN(C(=O)c1cccc([N+](=O)[O-])c1)N1C(=O)[C@H]2CC=CC[C@@H]2C1=O)c1ccc(Br)cc1. The molecule has 1 fully saturated rings. The fourth-order valence-electron chi connectivity index (χ4n) is 4.02. The molecule has 0 N–H and O–H groups in total. The standard InChI is InChI=1S/C23H18BrN3O6/c24-16-10-8-14(9-11-16)20(28)13-25(21(29)15-4-3-5-17(12-15)27(32)33)26-22(30)18-6-1-2-7-19(18)23(26)31/h1-5,8-12,18-19H,6-7,13H2/t18-,19-/m0/s1. The van der Waals surface area contributed by atoms with Gasteiger partial charge in [-0.05, 0) is 31.0 Å². The smallest absolute Gasteiger partial charge is 0.273 e. The number of amides is 3. The van der Waals surface area contributed by atoms with E-state index < -0.39 is 46.8 Å². The molecule has 2 aliphatic rings. The lowest BCUT2D eigenvalue weighted by Gasteiger charge is -2.30. The van der Waals surface area contributed by atoms with E-state index in [4.69, 9.17) is 0 Å². The van der Waals surface area contributed by atoms with E-state index in [1.165, 1.54) is 18.2 Å². The van der Waals surface area contributed by atoms with Crippen LogP contribution in [0.3, 0.4) is 0 Å². The number of nitrogens with zero attached hydrogens (tertiary/aromatic N) is 3. The van der Waals surface area contributed by atoms with Crippen molar-refractivity contribution in [3.05, 3.63) is 86.4 Å².